The van der Waals surface area contributed by atoms with E-state index in [2.05, 4.69) is 0 Å². The molecule has 1 unspecified atom stereocenters. The van der Waals surface area contributed by atoms with E-state index in [1.165, 1.54) is 0 Å². The summed E-state index contributed by atoms with van der Waals surface area (Å²) in [5, 5.41) is 9.24. The molecule has 18 heavy (non-hydrogen) atoms. The zero-order valence-electron chi connectivity index (χ0n) is 10.3. The maximum atomic E-state index is 9.24. The fraction of sp³-hybridized carbons (Fsp3) is 0.200. The van der Waals surface area contributed by atoms with Crippen molar-refractivity contribution < 1.29 is 9.84 Å². The number of ether oxygens (including phenoxy) is 1. The highest BCUT2D eigenvalue weighted by Gasteiger charge is 2.09. The molecule has 94 valence electrons. The monoisotopic (exact) mass is 243 g/mol. The molecule has 0 aliphatic heterocycles. The fourth-order valence-electron chi connectivity index (χ4n) is 1.77. The van der Waals surface area contributed by atoms with Gasteiger partial charge in [-0.05, 0) is 30.7 Å². The lowest BCUT2D eigenvalue weighted by molar-refractivity contribution is 0.213. The van der Waals surface area contributed by atoms with E-state index >= 15 is 0 Å². The van der Waals surface area contributed by atoms with Crippen LogP contribution < -0.4 is 10.5 Å². The molecule has 2 aromatic rings. The van der Waals surface area contributed by atoms with Crippen LogP contribution in [-0.4, -0.2) is 5.11 Å². The van der Waals surface area contributed by atoms with Crippen molar-refractivity contribution in [3.63, 3.8) is 0 Å². The summed E-state index contributed by atoms with van der Waals surface area (Å²) >= 11 is 0. The maximum absolute atomic E-state index is 9.24. The highest BCUT2D eigenvalue weighted by molar-refractivity contribution is 5.40. The van der Waals surface area contributed by atoms with E-state index in [1.54, 1.807) is 0 Å². The molecule has 3 nitrogen and oxygen atoms in total. The number of nitrogens with two attached hydrogens (primary N) is 1. The number of rotatable bonds is 4. The van der Waals surface area contributed by atoms with Gasteiger partial charge in [-0.25, -0.2) is 0 Å². The molecule has 2 aromatic carbocycles. The zero-order chi connectivity index (χ0) is 13.0. The van der Waals surface area contributed by atoms with Crippen molar-refractivity contribution >= 4 is 5.69 Å². The largest absolute Gasteiger partial charge is 0.486 e. The summed E-state index contributed by atoms with van der Waals surface area (Å²) in [5.74, 6) is 0.712. The average Bonchev–Trinajstić information content (AvgIpc) is 2.40. The molecular formula is C15H17NO2. The normalized spacial score (nSPS) is 12.1. The highest BCUT2D eigenvalue weighted by atomic mass is 16.5. The van der Waals surface area contributed by atoms with Crippen LogP contribution >= 0.6 is 0 Å². The van der Waals surface area contributed by atoms with Gasteiger partial charge in [0.1, 0.15) is 11.9 Å². The van der Waals surface area contributed by atoms with Gasteiger partial charge in [0.25, 0.3) is 0 Å². The number of hydrogen-bond acceptors (Lipinski definition) is 3. The zero-order valence-corrected chi connectivity index (χ0v) is 10.3. The van der Waals surface area contributed by atoms with Crippen LogP contribution in [0, 0.1) is 0 Å². The van der Waals surface area contributed by atoms with Gasteiger partial charge in [0.15, 0.2) is 0 Å². The number of nitrogen functional groups attached to an aromatic ring is 1. The Morgan fingerprint density at radius 3 is 2.44 bits per heavy atom. The van der Waals surface area contributed by atoms with Gasteiger partial charge < -0.3 is 15.6 Å². The van der Waals surface area contributed by atoms with Crippen LogP contribution in [0.2, 0.25) is 0 Å². The Morgan fingerprint density at radius 1 is 1.11 bits per heavy atom. The van der Waals surface area contributed by atoms with Crippen LogP contribution in [0.1, 0.15) is 24.2 Å². The predicted octanol–water partition coefficient (Wildman–Crippen LogP) is 2.90. The summed E-state index contributed by atoms with van der Waals surface area (Å²) in [6, 6.07) is 15.1. The predicted molar refractivity (Wildman–Crippen MR) is 72.3 cm³/mol. The first-order valence-corrected chi connectivity index (χ1v) is 5.91. The van der Waals surface area contributed by atoms with Gasteiger partial charge in [-0.2, -0.15) is 0 Å². The summed E-state index contributed by atoms with van der Waals surface area (Å²) in [6.07, 6.45) is -0.0849. The standard InChI is InChI=1S/C15H17NO2/c1-11(12-6-8-14(16)9-7-12)18-15-5-3-2-4-13(15)10-17/h2-9,11,17H,10,16H2,1H3. The van der Waals surface area contributed by atoms with Gasteiger partial charge in [-0.1, -0.05) is 30.3 Å². The second-order valence-electron chi connectivity index (χ2n) is 4.19. The van der Waals surface area contributed by atoms with Crippen LogP contribution in [-0.2, 0) is 6.61 Å². The van der Waals surface area contributed by atoms with Crippen LogP contribution in [0.5, 0.6) is 5.75 Å². The first kappa shape index (κ1) is 12.5. The van der Waals surface area contributed by atoms with Crippen molar-refractivity contribution in [1.29, 1.82) is 0 Å². The highest BCUT2D eigenvalue weighted by Crippen LogP contribution is 2.25. The van der Waals surface area contributed by atoms with Gasteiger partial charge in [-0.3, -0.25) is 0 Å². The van der Waals surface area contributed by atoms with Gasteiger partial charge in [-0.15, -0.1) is 0 Å². The van der Waals surface area contributed by atoms with E-state index in [0.29, 0.717) is 5.75 Å². The lowest BCUT2D eigenvalue weighted by Gasteiger charge is -2.17. The van der Waals surface area contributed by atoms with E-state index in [-0.39, 0.29) is 12.7 Å². The minimum atomic E-state index is -0.0849. The van der Waals surface area contributed by atoms with Crippen molar-refractivity contribution in [3.05, 3.63) is 59.7 Å². The Balaban J connectivity index is 2.15. The molecule has 0 saturated heterocycles. The lowest BCUT2D eigenvalue weighted by atomic mass is 10.1. The van der Waals surface area contributed by atoms with Gasteiger partial charge in [0.2, 0.25) is 0 Å². The molecule has 0 aromatic heterocycles. The number of aliphatic hydroxyl groups is 1. The number of hydrogen-bond donors (Lipinski definition) is 2. The van der Waals surface area contributed by atoms with E-state index in [4.69, 9.17) is 10.5 Å². The molecule has 0 amide bonds. The molecule has 0 aliphatic rings. The van der Waals surface area contributed by atoms with Crippen LogP contribution in [0.4, 0.5) is 5.69 Å². The Labute approximate surface area is 107 Å². The van der Waals surface area contributed by atoms with Crippen LogP contribution in [0.25, 0.3) is 0 Å². The Kier molecular flexibility index (Phi) is 3.85. The molecule has 0 saturated carbocycles. The maximum Gasteiger partial charge on any atom is 0.125 e. The summed E-state index contributed by atoms with van der Waals surface area (Å²) in [7, 11) is 0. The second-order valence-corrected chi connectivity index (χ2v) is 4.19. The van der Waals surface area contributed by atoms with Gasteiger partial charge in [0.05, 0.1) is 6.61 Å². The SMILES string of the molecule is CC(Oc1ccccc1CO)c1ccc(N)cc1. The molecule has 0 bridgehead atoms. The van der Waals surface area contributed by atoms with Crippen LogP contribution in [0.3, 0.4) is 0 Å². The molecule has 0 spiro atoms. The van der Waals surface area contributed by atoms with Crippen molar-refractivity contribution in [1.82, 2.24) is 0 Å². The Bertz CT molecular complexity index is 508. The molecule has 3 heteroatoms. The first-order chi connectivity index (χ1) is 8.70. The third kappa shape index (κ3) is 2.81. The average molecular weight is 243 g/mol. The van der Waals surface area contributed by atoms with E-state index in [9.17, 15) is 5.11 Å². The van der Waals surface area contributed by atoms with E-state index in [0.717, 1.165) is 16.8 Å². The second kappa shape index (κ2) is 5.56. The Morgan fingerprint density at radius 2 is 1.78 bits per heavy atom. The van der Waals surface area contributed by atoms with Crippen molar-refractivity contribution in [3.8, 4) is 5.75 Å². The fourth-order valence-corrected chi connectivity index (χ4v) is 1.77. The quantitative estimate of drug-likeness (QED) is 0.812. The molecule has 3 N–H and O–H groups in total. The molecule has 0 radical (unpaired) electrons. The topological polar surface area (TPSA) is 55.5 Å². The summed E-state index contributed by atoms with van der Waals surface area (Å²) < 4.78 is 5.86. The minimum Gasteiger partial charge on any atom is -0.486 e. The summed E-state index contributed by atoms with van der Waals surface area (Å²) in [4.78, 5) is 0. The third-order valence-electron chi connectivity index (χ3n) is 2.85. The number of anilines is 1. The Hall–Kier alpha value is -2.00. The van der Waals surface area contributed by atoms with E-state index < -0.39 is 0 Å². The van der Waals surface area contributed by atoms with Crippen molar-refractivity contribution in [2.24, 2.45) is 0 Å². The molecular weight excluding hydrogens is 226 g/mol. The number of benzene rings is 2. The molecule has 0 aliphatic carbocycles. The minimum absolute atomic E-state index is 0.0232. The first-order valence-electron chi connectivity index (χ1n) is 5.91. The van der Waals surface area contributed by atoms with Gasteiger partial charge >= 0.3 is 0 Å². The summed E-state index contributed by atoms with van der Waals surface area (Å²) in [5.41, 5.74) is 8.23. The van der Waals surface area contributed by atoms with Crippen molar-refractivity contribution in [2.75, 3.05) is 5.73 Å². The number of aliphatic hydroxyl groups excluding tert-OH is 1. The smallest absolute Gasteiger partial charge is 0.125 e. The van der Waals surface area contributed by atoms with Crippen LogP contribution in [0.15, 0.2) is 48.5 Å². The third-order valence-corrected chi connectivity index (χ3v) is 2.85. The summed E-state index contributed by atoms with van der Waals surface area (Å²) in [6.45, 7) is 1.95. The molecule has 0 heterocycles. The number of para-hydroxylation sites is 1. The molecule has 0 fully saturated rings. The molecule has 1 atom stereocenters. The lowest BCUT2D eigenvalue weighted by Crippen LogP contribution is -2.05. The van der Waals surface area contributed by atoms with Gasteiger partial charge in [0, 0.05) is 11.3 Å². The van der Waals surface area contributed by atoms with E-state index in [1.807, 2.05) is 55.5 Å². The van der Waals surface area contributed by atoms with Crippen molar-refractivity contribution in [2.45, 2.75) is 19.6 Å². The molecule has 2 rings (SSSR count).